The van der Waals surface area contributed by atoms with E-state index >= 15 is 0 Å². The minimum Gasteiger partial charge on any atom is -0.497 e. The van der Waals surface area contributed by atoms with Gasteiger partial charge in [-0.25, -0.2) is 4.98 Å². The number of nitrogens with one attached hydrogen (secondary N) is 1. The third kappa shape index (κ3) is 5.29. The van der Waals surface area contributed by atoms with E-state index in [1.165, 1.54) is 0 Å². The summed E-state index contributed by atoms with van der Waals surface area (Å²) in [6, 6.07) is 12.6. The summed E-state index contributed by atoms with van der Waals surface area (Å²) in [5.41, 5.74) is 1.73. The predicted octanol–water partition coefficient (Wildman–Crippen LogP) is 4.82. The zero-order chi connectivity index (χ0) is 20.8. The lowest BCUT2D eigenvalue weighted by molar-refractivity contribution is -0.121. The third-order valence-electron chi connectivity index (χ3n) is 4.53. The molecule has 29 heavy (non-hydrogen) atoms. The van der Waals surface area contributed by atoms with Crippen LogP contribution in [0.1, 0.15) is 30.8 Å². The van der Waals surface area contributed by atoms with Gasteiger partial charge >= 0.3 is 0 Å². The fraction of sp³-hybridized carbons (Fsp3) is 0.273. The number of rotatable bonds is 8. The van der Waals surface area contributed by atoms with Crippen LogP contribution in [0.3, 0.4) is 0 Å². The molecule has 0 unspecified atom stereocenters. The van der Waals surface area contributed by atoms with E-state index in [4.69, 9.17) is 25.5 Å². The average molecular weight is 415 g/mol. The first kappa shape index (κ1) is 20.7. The summed E-state index contributed by atoms with van der Waals surface area (Å²) in [5, 5.41) is 3.64. The lowest BCUT2D eigenvalue weighted by Crippen LogP contribution is -2.27. The molecule has 0 bridgehead atoms. The van der Waals surface area contributed by atoms with E-state index in [2.05, 4.69) is 10.3 Å². The Hall–Kier alpha value is -2.99. The second-order valence-electron chi connectivity index (χ2n) is 6.52. The molecule has 0 radical (unpaired) electrons. The van der Waals surface area contributed by atoms with E-state index in [-0.39, 0.29) is 18.4 Å². The molecule has 0 fully saturated rings. The molecule has 1 amide bonds. The lowest BCUT2D eigenvalue weighted by atomic mass is 10.1. The zero-order valence-corrected chi connectivity index (χ0v) is 17.3. The van der Waals surface area contributed by atoms with Crippen LogP contribution < -0.4 is 14.8 Å². The number of amides is 1. The minimum atomic E-state index is -0.235. The van der Waals surface area contributed by atoms with E-state index in [1.807, 2.05) is 37.3 Å². The van der Waals surface area contributed by atoms with Crippen molar-refractivity contribution in [2.24, 2.45) is 0 Å². The third-order valence-corrected chi connectivity index (χ3v) is 4.78. The van der Waals surface area contributed by atoms with Gasteiger partial charge in [0.25, 0.3) is 0 Å². The fourth-order valence-electron chi connectivity index (χ4n) is 2.96. The molecule has 2 aromatic carbocycles. The van der Waals surface area contributed by atoms with Crippen LogP contribution in [0.15, 0.2) is 53.1 Å². The van der Waals surface area contributed by atoms with Crippen LogP contribution in [-0.4, -0.2) is 25.1 Å². The van der Waals surface area contributed by atoms with Crippen molar-refractivity contribution < 1.29 is 18.7 Å². The van der Waals surface area contributed by atoms with Crippen LogP contribution in [-0.2, 0) is 11.2 Å². The quantitative estimate of drug-likeness (QED) is 0.571. The molecule has 1 N–H and O–H groups in total. The Labute approximate surface area is 174 Å². The lowest BCUT2D eigenvalue weighted by Gasteiger charge is -2.18. The smallest absolute Gasteiger partial charge is 0.220 e. The molecule has 0 aliphatic heterocycles. The number of nitrogens with zero attached hydrogens (tertiary/aromatic N) is 1. The van der Waals surface area contributed by atoms with Crippen LogP contribution in [0.25, 0.3) is 11.3 Å². The first-order chi connectivity index (χ1) is 14.0. The number of methoxy groups -OCH3 is 2. The number of benzene rings is 2. The Bertz CT molecular complexity index is 969. The first-order valence-corrected chi connectivity index (χ1v) is 9.60. The van der Waals surface area contributed by atoms with Gasteiger partial charge in [-0.05, 0) is 49.4 Å². The van der Waals surface area contributed by atoms with E-state index in [0.717, 1.165) is 11.1 Å². The largest absolute Gasteiger partial charge is 0.497 e. The number of aryl methyl sites for hydroxylation is 1. The predicted molar refractivity (Wildman–Crippen MR) is 111 cm³/mol. The summed E-state index contributed by atoms with van der Waals surface area (Å²) in [6.07, 6.45) is 2.32. The maximum absolute atomic E-state index is 12.4. The summed E-state index contributed by atoms with van der Waals surface area (Å²) < 4.78 is 16.4. The van der Waals surface area contributed by atoms with Crippen LogP contribution in [0.2, 0.25) is 5.02 Å². The monoisotopic (exact) mass is 414 g/mol. The Balaban J connectivity index is 1.58. The van der Waals surface area contributed by atoms with E-state index in [1.54, 1.807) is 32.5 Å². The molecule has 152 valence electrons. The van der Waals surface area contributed by atoms with Gasteiger partial charge in [-0.2, -0.15) is 0 Å². The molecule has 0 saturated carbocycles. The molecule has 0 saturated heterocycles. The van der Waals surface area contributed by atoms with Crippen LogP contribution in [0.4, 0.5) is 0 Å². The van der Waals surface area contributed by atoms with E-state index < -0.39 is 0 Å². The number of ether oxygens (including phenoxy) is 2. The van der Waals surface area contributed by atoms with Crippen molar-refractivity contribution in [3.05, 3.63) is 65.1 Å². The van der Waals surface area contributed by atoms with Crippen molar-refractivity contribution in [1.29, 1.82) is 0 Å². The van der Waals surface area contributed by atoms with Crippen molar-refractivity contribution in [1.82, 2.24) is 10.3 Å². The fourth-order valence-corrected chi connectivity index (χ4v) is 3.09. The highest BCUT2D eigenvalue weighted by molar-refractivity contribution is 6.30. The van der Waals surface area contributed by atoms with E-state index in [0.29, 0.717) is 34.6 Å². The van der Waals surface area contributed by atoms with Crippen LogP contribution in [0.5, 0.6) is 11.5 Å². The highest BCUT2D eigenvalue weighted by Crippen LogP contribution is 2.29. The Kier molecular flexibility index (Phi) is 6.77. The van der Waals surface area contributed by atoms with Gasteiger partial charge in [0.2, 0.25) is 5.91 Å². The van der Waals surface area contributed by atoms with Crippen molar-refractivity contribution in [2.75, 3.05) is 14.2 Å². The van der Waals surface area contributed by atoms with Crippen LogP contribution >= 0.6 is 11.6 Å². The number of halogens is 1. The van der Waals surface area contributed by atoms with Gasteiger partial charge in [0, 0.05) is 29.0 Å². The molecular weight excluding hydrogens is 392 g/mol. The zero-order valence-electron chi connectivity index (χ0n) is 16.6. The van der Waals surface area contributed by atoms with Gasteiger partial charge in [0.15, 0.2) is 11.7 Å². The van der Waals surface area contributed by atoms with Crippen molar-refractivity contribution >= 4 is 17.5 Å². The van der Waals surface area contributed by atoms with Crippen molar-refractivity contribution in [3.63, 3.8) is 0 Å². The summed E-state index contributed by atoms with van der Waals surface area (Å²) in [7, 11) is 3.20. The number of carbonyl (C=O) groups is 1. The van der Waals surface area contributed by atoms with Gasteiger partial charge in [-0.1, -0.05) is 11.6 Å². The number of aromatic nitrogens is 1. The van der Waals surface area contributed by atoms with Gasteiger partial charge in [-0.3, -0.25) is 4.79 Å². The first-order valence-electron chi connectivity index (χ1n) is 9.22. The molecular formula is C22H23ClN2O4. The molecule has 0 aliphatic carbocycles. The summed E-state index contributed by atoms with van der Waals surface area (Å²) >= 11 is 5.91. The topological polar surface area (TPSA) is 73.6 Å². The molecule has 3 rings (SSSR count). The Morgan fingerprint density at radius 1 is 1.17 bits per heavy atom. The standard InChI is InChI=1S/C22H23ClN2O4/c1-14(18-12-17(27-2)8-9-19(18)28-3)25-21(26)10-11-22-24-13-20(29-22)15-4-6-16(23)7-5-15/h4-9,12-14H,10-11H2,1-3H3,(H,25,26)/t14-/m0/s1. The second-order valence-corrected chi connectivity index (χ2v) is 6.96. The Morgan fingerprint density at radius 3 is 2.62 bits per heavy atom. The maximum atomic E-state index is 12.4. The summed E-state index contributed by atoms with van der Waals surface area (Å²) in [6.45, 7) is 1.90. The highest BCUT2D eigenvalue weighted by atomic mass is 35.5. The molecule has 1 atom stereocenters. The molecule has 1 heterocycles. The minimum absolute atomic E-state index is 0.103. The molecule has 0 aliphatic rings. The number of hydrogen-bond donors (Lipinski definition) is 1. The van der Waals surface area contributed by atoms with E-state index in [9.17, 15) is 4.79 Å². The van der Waals surface area contributed by atoms with Gasteiger partial charge in [-0.15, -0.1) is 0 Å². The number of oxazole rings is 1. The SMILES string of the molecule is COc1ccc(OC)c([C@H](C)NC(=O)CCc2ncc(-c3ccc(Cl)cc3)o2)c1. The van der Waals surface area contributed by atoms with Crippen molar-refractivity contribution in [2.45, 2.75) is 25.8 Å². The molecule has 6 nitrogen and oxygen atoms in total. The molecule has 3 aromatic rings. The van der Waals surface area contributed by atoms with Gasteiger partial charge < -0.3 is 19.2 Å². The van der Waals surface area contributed by atoms with Crippen molar-refractivity contribution in [3.8, 4) is 22.8 Å². The molecule has 1 aromatic heterocycles. The second kappa shape index (κ2) is 9.47. The Morgan fingerprint density at radius 2 is 1.93 bits per heavy atom. The molecule has 0 spiro atoms. The molecule has 7 heteroatoms. The van der Waals surface area contributed by atoms with Gasteiger partial charge in [0.1, 0.15) is 11.5 Å². The summed E-state index contributed by atoms with van der Waals surface area (Å²) in [5.74, 6) is 2.45. The highest BCUT2D eigenvalue weighted by Gasteiger charge is 2.16. The summed E-state index contributed by atoms with van der Waals surface area (Å²) in [4.78, 5) is 16.7. The maximum Gasteiger partial charge on any atom is 0.220 e. The number of carbonyl (C=O) groups excluding carboxylic acids is 1. The number of hydrogen-bond acceptors (Lipinski definition) is 5. The van der Waals surface area contributed by atoms with Gasteiger partial charge in [0.05, 0.1) is 26.5 Å². The average Bonchev–Trinajstić information content (AvgIpc) is 3.21. The van der Waals surface area contributed by atoms with Crippen LogP contribution in [0, 0.1) is 0 Å². The normalized spacial score (nSPS) is 11.7.